The number of nitrogens with zero attached hydrogens (tertiary/aromatic N) is 5. The lowest BCUT2D eigenvalue weighted by Crippen LogP contribution is -2.42. The molecule has 0 unspecified atom stereocenters. The lowest BCUT2D eigenvalue weighted by molar-refractivity contribution is -0.00177. The summed E-state index contributed by atoms with van der Waals surface area (Å²) in [6.45, 7) is 4.19. The van der Waals surface area contributed by atoms with Crippen molar-refractivity contribution in [2.75, 3.05) is 11.9 Å². The van der Waals surface area contributed by atoms with Crippen LogP contribution in [-0.2, 0) is 0 Å². The average molecular weight is 474 g/mol. The lowest BCUT2D eigenvalue weighted by Gasteiger charge is -2.22. The number of rotatable bonds is 7. The van der Waals surface area contributed by atoms with E-state index in [0.29, 0.717) is 28.3 Å². The van der Waals surface area contributed by atoms with E-state index in [1.807, 2.05) is 31.2 Å². The van der Waals surface area contributed by atoms with Gasteiger partial charge in [0.15, 0.2) is 0 Å². The zero-order valence-electron chi connectivity index (χ0n) is 19.5. The number of aryl methyl sites for hydroxylation is 1. The second kappa shape index (κ2) is 9.48. The third-order valence-electron chi connectivity index (χ3n) is 5.44. The first-order valence-electron chi connectivity index (χ1n) is 10.9. The Balaban J connectivity index is 1.71. The molecule has 0 saturated carbocycles. The largest absolute Gasteiger partial charge is 0.387 e. The van der Waals surface area contributed by atoms with Crippen molar-refractivity contribution >= 4 is 22.8 Å². The number of anilines is 2. The zero-order chi connectivity index (χ0) is 25.2. The molecule has 4 aromatic rings. The van der Waals surface area contributed by atoms with Crippen LogP contribution in [0.15, 0.2) is 55.0 Å². The van der Waals surface area contributed by atoms with Crippen LogP contribution in [0.2, 0.25) is 0 Å². The topological polar surface area (TPSA) is 128 Å². The number of hydrogen-bond donors (Lipinski definition) is 3. The van der Waals surface area contributed by atoms with Crippen molar-refractivity contribution in [1.29, 1.82) is 5.26 Å². The van der Waals surface area contributed by atoms with E-state index in [2.05, 4.69) is 31.8 Å². The molecule has 1 amide bonds. The van der Waals surface area contributed by atoms with Crippen LogP contribution in [0.25, 0.3) is 16.9 Å². The van der Waals surface area contributed by atoms with Crippen LogP contribution < -0.4 is 10.6 Å². The SMILES string of the molecule is Cc1ccc(Nc2cc(-c3ccc4cc(C#N)cnn34)ncc2C(=O)NC[C@@H](F)C(C)(C)O)cn1. The van der Waals surface area contributed by atoms with Gasteiger partial charge in [-0.3, -0.25) is 14.8 Å². The maximum Gasteiger partial charge on any atom is 0.255 e. The normalized spacial score (nSPS) is 12.2. The number of nitrogens with one attached hydrogen (secondary N) is 2. The number of carbonyl (C=O) groups excluding carboxylic acids is 1. The van der Waals surface area contributed by atoms with E-state index >= 15 is 0 Å². The van der Waals surface area contributed by atoms with Crippen molar-refractivity contribution in [2.45, 2.75) is 32.5 Å². The van der Waals surface area contributed by atoms with Gasteiger partial charge in [-0.1, -0.05) is 0 Å². The number of aromatic nitrogens is 4. The number of pyridine rings is 2. The number of halogens is 1. The Morgan fingerprint density at radius 3 is 2.69 bits per heavy atom. The molecule has 0 aromatic carbocycles. The third kappa shape index (κ3) is 5.26. The minimum absolute atomic E-state index is 0.192. The van der Waals surface area contributed by atoms with Gasteiger partial charge in [-0.2, -0.15) is 10.4 Å². The van der Waals surface area contributed by atoms with Crippen LogP contribution >= 0.6 is 0 Å². The van der Waals surface area contributed by atoms with Gasteiger partial charge in [-0.25, -0.2) is 8.91 Å². The smallest absolute Gasteiger partial charge is 0.255 e. The molecule has 35 heavy (non-hydrogen) atoms. The summed E-state index contributed by atoms with van der Waals surface area (Å²) < 4.78 is 15.8. The van der Waals surface area contributed by atoms with Crippen LogP contribution in [0, 0.1) is 18.3 Å². The Morgan fingerprint density at radius 2 is 2.00 bits per heavy atom. The van der Waals surface area contributed by atoms with Crippen LogP contribution in [0.4, 0.5) is 15.8 Å². The fourth-order valence-corrected chi connectivity index (χ4v) is 3.36. The van der Waals surface area contributed by atoms with Gasteiger partial charge < -0.3 is 15.7 Å². The second-order valence-corrected chi connectivity index (χ2v) is 8.67. The molecule has 178 valence electrons. The number of carbonyl (C=O) groups is 1. The molecule has 0 radical (unpaired) electrons. The predicted octanol–water partition coefficient (Wildman–Crippen LogP) is 3.55. The molecule has 0 spiro atoms. The molecule has 4 heterocycles. The van der Waals surface area contributed by atoms with E-state index < -0.39 is 17.7 Å². The first-order valence-corrected chi connectivity index (χ1v) is 10.9. The maximum atomic E-state index is 14.2. The second-order valence-electron chi connectivity index (χ2n) is 8.67. The third-order valence-corrected chi connectivity index (χ3v) is 5.44. The van der Waals surface area contributed by atoms with E-state index in [0.717, 1.165) is 11.2 Å². The molecule has 9 nitrogen and oxygen atoms in total. The van der Waals surface area contributed by atoms with Crippen LogP contribution in [0.5, 0.6) is 0 Å². The summed E-state index contributed by atoms with van der Waals surface area (Å²) in [6.07, 6.45) is 2.86. The highest BCUT2D eigenvalue weighted by molar-refractivity contribution is 6.00. The number of amides is 1. The maximum absolute atomic E-state index is 14.2. The number of hydrogen-bond acceptors (Lipinski definition) is 7. The molecule has 0 aliphatic carbocycles. The fourth-order valence-electron chi connectivity index (χ4n) is 3.36. The molecule has 0 fully saturated rings. The van der Waals surface area contributed by atoms with Crippen LogP contribution in [-0.4, -0.2) is 48.9 Å². The summed E-state index contributed by atoms with van der Waals surface area (Å²) in [5, 5.41) is 29.0. The molecule has 4 rings (SSSR count). The summed E-state index contributed by atoms with van der Waals surface area (Å²) in [6, 6.07) is 12.8. The summed E-state index contributed by atoms with van der Waals surface area (Å²) in [5.41, 5.74) is 2.88. The molecule has 0 aliphatic rings. The minimum Gasteiger partial charge on any atom is -0.387 e. The lowest BCUT2D eigenvalue weighted by atomic mass is 10.0. The number of aliphatic hydroxyl groups is 1. The molecule has 1 atom stereocenters. The van der Waals surface area contributed by atoms with Gasteiger partial charge in [0.2, 0.25) is 0 Å². The summed E-state index contributed by atoms with van der Waals surface area (Å²) >= 11 is 0. The number of nitriles is 1. The van der Waals surface area contributed by atoms with Crippen molar-refractivity contribution in [1.82, 2.24) is 24.9 Å². The van der Waals surface area contributed by atoms with E-state index in [-0.39, 0.29) is 12.1 Å². The molecular weight excluding hydrogens is 449 g/mol. The van der Waals surface area contributed by atoms with E-state index in [1.165, 1.54) is 26.2 Å². The van der Waals surface area contributed by atoms with Gasteiger partial charge in [0, 0.05) is 11.9 Å². The predicted molar refractivity (Wildman–Crippen MR) is 129 cm³/mol. The van der Waals surface area contributed by atoms with Crippen molar-refractivity contribution in [3.63, 3.8) is 0 Å². The summed E-state index contributed by atoms with van der Waals surface area (Å²) in [5.74, 6) is -0.546. The molecular formula is C25H24FN7O2. The average Bonchev–Trinajstić information content (AvgIpc) is 3.26. The first kappa shape index (κ1) is 23.8. The highest BCUT2D eigenvalue weighted by atomic mass is 19.1. The van der Waals surface area contributed by atoms with Gasteiger partial charge in [0.25, 0.3) is 5.91 Å². The zero-order valence-corrected chi connectivity index (χ0v) is 19.5. The van der Waals surface area contributed by atoms with Crippen LogP contribution in [0.1, 0.15) is 35.5 Å². The van der Waals surface area contributed by atoms with E-state index in [4.69, 9.17) is 5.26 Å². The van der Waals surface area contributed by atoms with Crippen LogP contribution in [0.3, 0.4) is 0 Å². The Bertz CT molecular complexity index is 1420. The Hall–Kier alpha value is -4.36. The fraction of sp³-hybridized carbons (Fsp3) is 0.240. The minimum atomic E-state index is -1.65. The highest BCUT2D eigenvalue weighted by Gasteiger charge is 2.27. The first-order chi connectivity index (χ1) is 16.7. The Morgan fingerprint density at radius 1 is 1.20 bits per heavy atom. The van der Waals surface area contributed by atoms with Gasteiger partial charge in [-0.15, -0.1) is 0 Å². The van der Waals surface area contributed by atoms with Gasteiger partial charge in [0.05, 0.1) is 63.9 Å². The Kier molecular flexibility index (Phi) is 6.44. The molecule has 10 heteroatoms. The van der Waals surface area contributed by atoms with E-state index in [9.17, 15) is 14.3 Å². The number of alkyl halides is 1. The monoisotopic (exact) mass is 473 g/mol. The summed E-state index contributed by atoms with van der Waals surface area (Å²) in [4.78, 5) is 21.6. The van der Waals surface area contributed by atoms with Crippen molar-refractivity contribution in [3.8, 4) is 17.5 Å². The highest BCUT2D eigenvalue weighted by Crippen LogP contribution is 2.27. The van der Waals surface area contributed by atoms with Gasteiger partial charge in [0.1, 0.15) is 12.2 Å². The quantitative estimate of drug-likeness (QED) is 0.374. The van der Waals surface area contributed by atoms with Gasteiger partial charge in [-0.05, 0) is 57.2 Å². The number of fused-ring (bicyclic) bond motifs is 1. The summed E-state index contributed by atoms with van der Waals surface area (Å²) in [7, 11) is 0. The Labute approximate surface area is 201 Å². The van der Waals surface area contributed by atoms with Gasteiger partial charge >= 0.3 is 0 Å². The van der Waals surface area contributed by atoms with Crippen molar-refractivity contribution in [3.05, 3.63) is 71.8 Å². The standard InChI is InChI=1S/C25H24FN7O2/c1-15-4-5-17(12-28-15)32-20-9-21(22-7-6-18-8-16(10-27)11-31-33(18)22)29-13-19(20)24(34)30-14-23(26)25(2,3)35/h4-9,11-13,23,35H,14H2,1-3H3,(H,29,32)(H,30,34)/t23-/m1/s1. The molecule has 0 bridgehead atoms. The van der Waals surface area contributed by atoms with E-state index in [1.54, 1.807) is 22.8 Å². The van der Waals surface area contributed by atoms with Crippen molar-refractivity contribution < 1.29 is 14.3 Å². The molecule has 0 aliphatic heterocycles. The molecule has 3 N–H and O–H groups in total. The molecule has 0 saturated heterocycles. The molecule has 4 aromatic heterocycles. The van der Waals surface area contributed by atoms with Crippen molar-refractivity contribution in [2.24, 2.45) is 0 Å².